The molecular weight excluding hydrogens is 420 g/mol. The molecule has 0 spiro atoms. The standard InChI is InChI=1S/C18H16BrF2N5O.H2/c19-12-5-15(10-16(6-12)25-1-3-27-4-2-25)23-18-22-11-26(24-18)17-8-13(20)7-14(21)9-17;/h5-11H,1-4H2,(H,23,24);1H. The molecule has 1 aliphatic rings. The lowest BCUT2D eigenvalue weighted by Crippen LogP contribution is -2.36. The van der Waals surface area contributed by atoms with Gasteiger partial charge in [0.1, 0.15) is 18.0 Å². The number of anilines is 3. The monoisotopic (exact) mass is 437 g/mol. The van der Waals surface area contributed by atoms with Gasteiger partial charge in [0, 0.05) is 36.4 Å². The number of ether oxygens (including phenoxy) is 1. The highest BCUT2D eigenvalue weighted by molar-refractivity contribution is 9.10. The van der Waals surface area contributed by atoms with Crippen molar-refractivity contribution in [2.75, 3.05) is 36.5 Å². The van der Waals surface area contributed by atoms with E-state index in [1.54, 1.807) is 0 Å². The van der Waals surface area contributed by atoms with Gasteiger partial charge in [0.15, 0.2) is 0 Å². The van der Waals surface area contributed by atoms with Gasteiger partial charge in [-0.15, -0.1) is 5.10 Å². The Bertz CT molecular complexity index is 945. The molecule has 2 aromatic carbocycles. The molecule has 3 aromatic rings. The average molecular weight is 438 g/mol. The SMILES string of the molecule is Fc1cc(F)cc(-n2cnc(Nc3cc(Br)cc(N4CCOCC4)c3)n2)c1.[HH]. The average Bonchev–Trinajstić information content (AvgIpc) is 3.10. The Kier molecular flexibility index (Phi) is 5.04. The van der Waals surface area contributed by atoms with Crippen molar-refractivity contribution in [1.29, 1.82) is 0 Å². The first-order valence-corrected chi connectivity index (χ1v) is 9.14. The number of aromatic nitrogens is 3. The van der Waals surface area contributed by atoms with E-state index in [4.69, 9.17) is 4.74 Å². The molecule has 1 saturated heterocycles. The zero-order valence-corrected chi connectivity index (χ0v) is 15.8. The van der Waals surface area contributed by atoms with Crippen molar-refractivity contribution in [3.05, 3.63) is 58.8 Å². The number of hydrogen-bond donors (Lipinski definition) is 1. The van der Waals surface area contributed by atoms with Gasteiger partial charge < -0.3 is 15.0 Å². The summed E-state index contributed by atoms with van der Waals surface area (Å²) in [6.07, 6.45) is 1.40. The molecule has 2 heterocycles. The highest BCUT2D eigenvalue weighted by atomic mass is 79.9. The zero-order chi connectivity index (χ0) is 18.8. The Labute approximate surface area is 164 Å². The van der Waals surface area contributed by atoms with Crippen LogP contribution in [0.15, 0.2) is 47.2 Å². The van der Waals surface area contributed by atoms with Crippen LogP contribution in [0, 0.1) is 11.6 Å². The summed E-state index contributed by atoms with van der Waals surface area (Å²) < 4.78 is 34.4. The van der Waals surface area contributed by atoms with E-state index < -0.39 is 11.6 Å². The fraction of sp³-hybridized carbons (Fsp3) is 0.222. The van der Waals surface area contributed by atoms with Crippen LogP contribution < -0.4 is 10.2 Å². The molecule has 4 rings (SSSR count). The summed E-state index contributed by atoms with van der Waals surface area (Å²) in [7, 11) is 0. The van der Waals surface area contributed by atoms with Crippen molar-refractivity contribution < 1.29 is 14.9 Å². The first-order chi connectivity index (χ1) is 13.1. The molecule has 0 saturated carbocycles. The molecule has 0 amide bonds. The molecule has 9 heteroatoms. The van der Waals surface area contributed by atoms with E-state index in [2.05, 4.69) is 36.2 Å². The number of benzene rings is 2. The van der Waals surface area contributed by atoms with E-state index in [1.807, 2.05) is 18.2 Å². The summed E-state index contributed by atoms with van der Waals surface area (Å²) in [5.74, 6) is -1.01. The molecule has 0 unspecified atom stereocenters. The van der Waals surface area contributed by atoms with E-state index in [0.717, 1.165) is 35.0 Å². The normalized spacial score (nSPS) is 14.4. The van der Waals surface area contributed by atoms with Gasteiger partial charge in [0.2, 0.25) is 5.95 Å². The summed E-state index contributed by atoms with van der Waals surface area (Å²) in [5.41, 5.74) is 2.12. The number of rotatable bonds is 4. The molecule has 0 atom stereocenters. The third-order valence-electron chi connectivity index (χ3n) is 4.12. The molecule has 27 heavy (non-hydrogen) atoms. The minimum Gasteiger partial charge on any atom is -0.378 e. The van der Waals surface area contributed by atoms with Crippen LogP contribution in [0.2, 0.25) is 0 Å². The van der Waals surface area contributed by atoms with Crippen LogP contribution in [0.25, 0.3) is 5.69 Å². The molecule has 0 bridgehead atoms. The number of nitrogens with zero attached hydrogens (tertiary/aromatic N) is 4. The second kappa shape index (κ2) is 7.61. The van der Waals surface area contributed by atoms with Crippen molar-refractivity contribution in [2.24, 2.45) is 0 Å². The van der Waals surface area contributed by atoms with Gasteiger partial charge in [0.25, 0.3) is 0 Å². The van der Waals surface area contributed by atoms with Crippen LogP contribution in [-0.4, -0.2) is 41.1 Å². The molecular formula is C18H18BrF2N5O. The smallest absolute Gasteiger partial charge is 0.246 e. The van der Waals surface area contributed by atoms with E-state index in [9.17, 15) is 8.78 Å². The molecule has 142 valence electrons. The van der Waals surface area contributed by atoms with Gasteiger partial charge in [-0.05, 0) is 30.3 Å². The molecule has 0 radical (unpaired) electrons. The predicted octanol–water partition coefficient (Wildman–Crippen LogP) is 4.13. The van der Waals surface area contributed by atoms with Gasteiger partial charge in [-0.1, -0.05) is 15.9 Å². The summed E-state index contributed by atoms with van der Waals surface area (Å²) >= 11 is 3.52. The first-order valence-electron chi connectivity index (χ1n) is 8.35. The van der Waals surface area contributed by atoms with Crippen LogP contribution in [0.5, 0.6) is 0 Å². The summed E-state index contributed by atoms with van der Waals surface area (Å²) in [6.45, 7) is 3.05. The molecule has 6 nitrogen and oxygen atoms in total. The lowest BCUT2D eigenvalue weighted by Gasteiger charge is -2.29. The maximum atomic E-state index is 13.4. The molecule has 1 N–H and O–H groups in total. The minimum absolute atomic E-state index is 0. The quantitative estimate of drug-likeness (QED) is 0.664. The van der Waals surface area contributed by atoms with E-state index >= 15 is 0 Å². The Balaban J connectivity index is 0.00000225. The number of hydrogen-bond acceptors (Lipinski definition) is 5. The van der Waals surface area contributed by atoms with Crippen LogP contribution in [0.3, 0.4) is 0 Å². The van der Waals surface area contributed by atoms with Gasteiger partial charge >= 0.3 is 0 Å². The van der Waals surface area contributed by atoms with Crippen molar-refractivity contribution >= 4 is 33.3 Å². The predicted molar refractivity (Wildman–Crippen MR) is 104 cm³/mol. The van der Waals surface area contributed by atoms with Gasteiger partial charge in [-0.2, -0.15) is 4.98 Å². The van der Waals surface area contributed by atoms with E-state index in [-0.39, 0.29) is 7.11 Å². The number of nitrogens with one attached hydrogen (secondary N) is 1. The largest absolute Gasteiger partial charge is 0.378 e. The van der Waals surface area contributed by atoms with Gasteiger partial charge in [-0.3, -0.25) is 0 Å². The lowest BCUT2D eigenvalue weighted by atomic mass is 10.2. The highest BCUT2D eigenvalue weighted by Gasteiger charge is 2.13. The maximum absolute atomic E-state index is 13.4. The van der Waals surface area contributed by atoms with Crippen LogP contribution >= 0.6 is 15.9 Å². The zero-order valence-electron chi connectivity index (χ0n) is 14.2. The lowest BCUT2D eigenvalue weighted by molar-refractivity contribution is 0.122. The second-order valence-electron chi connectivity index (χ2n) is 6.06. The van der Waals surface area contributed by atoms with Crippen LogP contribution in [0.1, 0.15) is 1.43 Å². The van der Waals surface area contributed by atoms with Crippen molar-refractivity contribution in [2.45, 2.75) is 0 Å². The van der Waals surface area contributed by atoms with E-state index in [1.165, 1.54) is 23.1 Å². The third kappa shape index (κ3) is 4.25. The molecule has 0 aliphatic carbocycles. The third-order valence-corrected chi connectivity index (χ3v) is 4.58. The van der Waals surface area contributed by atoms with Crippen LogP contribution in [-0.2, 0) is 4.74 Å². The maximum Gasteiger partial charge on any atom is 0.246 e. The van der Waals surface area contributed by atoms with E-state index in [0.29, 0.717) is 19.2 Å². The summed E-state index contributed by atoms with van der Waals surface area (Å²) in [6, 6.07) is 9.14. The second-order valence-corrected chi connectivity index (χ2v) is 6.98. The van der Waals surface area contributed by atoms with Gasteiger partial charge in [-0.25, -0.2) is 13.5 Å². The van der Waals surface area contributed by atoms with Crippen LogP contribution in [0.4, 0.5) is 26.1 Å². The van der Waals surface area contributed by atoms with Gasteiger partial charge in [0.05, 0.1) is 18.9 Å². The highest BCUT2D eigenvalue weighted by Crippen LogP contribution is 2.28. The first kappa shape index (κ1) is 17.9. The van der Waals surface area contributed by atoms with Crippen molar-refractivity contribution in [3.63, 3.8) is 0 Å². The number of halogens is 3. The molecule has 1 aliphatic heterocycles. The Morgan fingerprint density at radius 3 is 2.48 bits per heavy atom. The fourth-order valence-corrected chi connectivity index (χ4v) is 3.38. The van der Waals surface area contributed by atoms with Crippen molar-refractivity contribution in [3.8, 4) is 5.69 Å². The molecule has 1 aromatic heterocycles. The Morgan fingerprint density at radius 1 is 1.00 bits per heavy atom. The fourth-order valence-electron chi connectivity index (χ4n) is 2.90. The summed E-state index contributed by atoms with van der Waals surface area (Å²) in [5, 5.41) is 7.37. The topological polar surface area (TPSA) is 55.2 Å². The molecule has 1 fully saturated rings. The summed E-state index contributed by atoms with van der Waals surface area (Å²) in [4.78, 5) is 6.40. The minimum atomic E-state index is -0.669. The Hall–Kier alpha value is -2.52. The number of morpholine rings is 1. The Morgan fingerprint density at radius 2 is 1.74 bits per heavy atom. The van der Waals surface area contributed by atoms with Crippen molar-refractivity contribution in [1.82, 2.24) is 14.8 Å².